The third-order valence-corrected chi connectivity index (χ3v) is 5.47. The molecule has 4 aromatic heterocycles. The molecule has 0 bridgehead atoms. The summed E-state index contributed by atoms with van der Waals surface area (Å²) in [5.74, 6) is 0. The average Bonchev–Trinajstić information content (AvgIpc) is 3.22. The van der Waals surface area contributed by atoms with E-state index in [2.05, 4.69) is 31.6 Å². The minimum atomic E-state index is 0.671. The van der Waals surface area contributed by atoms with Crippen LogP contribution in [0, 0.1) is 0 Å². The smallest absolute Gasteiger partial charge is 0.215 e. The maximum absolute atomic E-state index is 4.34. The number of aromatic nitrogens is 6. The van der Waals surface area contributed by atoms with Crippen molar-refractivity contribution in [2.24, 2.45) is 0 Å². The highest BCUT2D eigenvalue weighted by molar-refractivity contribution is 7.99. The van der Waals surface area contributed by atoms with Gasteiger partial charge in [-0.25, -0.2) is 14.6 Å². The Hall–Kier alpha value is -1.84. The van der Waals surface area contributed by atoms with Crippen LogP contribution in [0.5, 0.6) is 0 Å². The van der Waals surface area contributed by atoms with E-state index in [1.807, 2.05) is 22.9 Å². The lowest BCUT2D eigenvalue weighted by atomic mass is 10.4. The fraction of sp³-hybridized carbons (Fsp3) is 0.0833. The first-order chi connectivity index (χ1) is 10.4. The zero-order chi connectivity index (χ0) is 14.1. The number of rotatable bonds is 4. The number of hydrogen-bond donors (Lipinski definition) is 0. The molecule has 0 saturated carbocycles. The lowest BCUT2D eigenvalue weighted by molar-refractivity contribution is 0.608. The van der Waals surface area contributed by atoms with Crippen molar-refractivity contribution < 1.29 is 0 Å². The molecular formula is C12H8N6S3. The van der Waals surface area contributed by atoms with E-state index >= 15 is 0 Å². The third-order valence-electron chi connectivity index (χ3n) is 2.80. The topological polar surface area (TPSA) is 69.4 Å². The third kappa shape index (κ3) is 2.55. The summed E-state index contributed by atoms with van der Waals surface area (Å²) in [6.45, 7) is 0.671. The van der Waals surface area contributed by atoms with Gasteiger partial charge in [-0.1, -0.05) is 6.07 Å². The van der Waals surface area contributed by atoms with Crippen LogP contribution in [0.25, 0.3) is 10.2 Å². The number of tetrazole rings is 1. The van der Waals surface area contributed by atoms with Gasteiger partial charge in [0.05, 0.1) is 6.54 Å². The van der Waals surface area contributed by atoms with Crippen molar-refractivity contribution in [3.8, 4) is 0 Å². The minimum absolute atomic E-state index is 0.671. The Morgan fingerprint density at radius 3 is 3.05 bits per heavy atom. The Labute approximate surface area is 131 Å². The average molecular weight is 332 g/mol. The molecule has 0 aromatic carbocycles. The summed E-state index contributed by atoms with van der Waals surface area (Å²) in [6.07, 6.45) is 1.58. The highest BCUT2D eigenvalue weighted by Gasteiger charge is 2.13. The van der Waals surface area contributed by atoms with Gasteiger partial charge >= 0.3 is 0 Å². The van der Waals surface area contributed by atoms with Crippen LogP contribution >= 0.6 is 34.4 Å². The van der Waals surface area contributed by atoms with Crippen molar-refractivity contribution in [3.63, 3.8) is 0 Å². The number of hydrogen-bond acceptors (Lipinski definition) is 8. The number of nitrogens with zero attached hydrogens (tertiary/aromatic N) is 6. The molecular weight excluding hydrogens is 324 g/mol. The first kappa shape index (κ1) is 12.9. The van der Waals surface area contributed by atoms with Crippen LogP contribution in [0.1, 0.15) is 4.88 Å². The number of thiophene rings is 2. The Morgan fingerprint density at radius 1 is 1.14 bits per heavy atom. The fourth-order valence-electron chi connectivity index (χ4n) is 1.85. The molecule has 0 fully saturated rings. The van der Waals surface area contributed by atoms with Crippen LogP contribution in [0.4, 0.5) is 0 Å². The maximum atomic E-state index is 4.34. The van der Waals surface area contributed by atoms with Gasteiger partial charge in [0.15, 0.2) is 0 Å². The van der Waals surface area contributed by atoms with Crippen LogP contribution in [0.15, 0.2) is 45.5 Å². The zero-order valence-electron chi connectivity index (χ0n) is 10.6. The lowest BCUT2D eigenvalue weighted by Gasteiger charge is -2.03. The summed E-state index contributed by atoms with van der Waals surface area (Å²) >= 11 is 4.76. The second kappa shape index (κ2) is 5.51. The summed E-state index contributed by atoms with van der Waals surface area (Å²) in [6, 6.07) is 6.12. The van der Waals surface area contributed by atoms with E-state index in [1.54, 1.807) is 33.7 Å². The zero-order valence-corrected chi connectivity index (χ0v) is 13.0. The second-order valence-electron chi connectivity index (χ2n) is 4.12. The number of fused-ring (bicyclic) bond motifs is 1. The fourth-order valence-corrected chi connectivity index (χ4v) is 4.17. The van der Waals surface area contributed by atoms with Crippen molar-refractivity contribution in [2.45, 2.75) is 16.7 Å². The predicted octanol–water partition coefficient (Wildman–Crippen LogP) is 2.94. The molecule has 4 heterocycles. The largest absolute Gasteiger partial charge is 0.229 e. The van der Waals surface area contributed by atoms with E-state index in [0.29, 0.717) is 6.54 Å². The second-order valence-corrected chi connectivity index (χ2v) is 7.00. The van der Waals surface area contributed by atoms with Gasteiger partial charge in [0.1, 0.15) is 16.2 Å². The van der Waals surface area contributed by atoms with Gasteiger partial charge < -0.3 is 0 Å². The van der Waals surface area contributed by atoms with E-state index in [9.17, 15) is 0 Å². The standard InChI is InChI=1S/C12H8N6S3/c1-2-8(19-4-1)6-18-12(15-16-17-18)21-11-9-3-5-20-10(9)13-7-14-11/h1-5,7H,6H2. The van der Waals surface area contributed by atoms with Gasteiger partial charge in [-0.3, -0.25) is 0 Å². The van der Waals surface area contributed by atoms with E-state index in [1.165, 1.54) is 16.6 Å². The Kier molecular flexibility index (Phi) is 3.37. The molecule has 4 aromatic rings. The van der Waals surface area contributed by atoms with Crippen molar-refractivity contribution in [3.05, 3.63) is 40.2 Å². The summed E-state index contributed by atoms with van der Waals surface area (Å²) in [5, 5.41) is 18.6. The van der Waals surface area contributed by atoms with Gasteiger partial charge in [-0.15, -0.1) is 27.8 Å². The molecule has 0 saturated heterocycles. The molecule has 0 aliphatic heterocycles. The molecule has 0 N–H and O–H groups in total. The summed E-state index contributed by atoms with van der Waals surface area (Å²) in [7, 11) is 0. The van der Waals surface area contributed by atoms with Crippen molar-refractivity contribution in [1.29, 1.82) is 0 Å². The molecule has 0 unspecified atom stereocenters. The SMILES string of the molecule is c1csc(Cn2nnnc2Sc2ncnc3sccc23)c1. The molecule has 104 valence electrons. The summed E-state index contributed by atoms with van der Waals surface area (Å²) in [5.41, 5.74) is 0. The maximum Gasteiger partial charge on any atom is 0.215 e. The molecule has 4 rings (SSSR count). The highest BCUT2D eigenvalue weighted by Crippen LogP contribution is 2.31. The molecule has 0 amide bonds. The van der Waals surface area contributed by atoms with E-state index in [4.69, 9.17) is 0 Å². The Morgan fingerprint density at radius 2 is 2.14 bits per heavy atom. The van der Waals surface area contributed by atoms with Crippen molar-refractivity contribution >= 4 is 44.7 Å². The molecule has 0 radical (unpaired) electrons. The van der Waals surface area contributed by atoms with Crippen LogP contribution in [-0.4, -0.2) is 30.2 Å². The van der Waals surface area contributed by atoms with Gasteiger partial charge in [-0.05, 0) is 45.1 Å². The Bertz CT molecular complexity index is 866. The van der Waals surface area contributed by atoms with Gasteiger partial charge in [0, 0.05) is 10.3 Å². The molecule has 0 spiro atoms. The highest BCUT2D eigenvalue weighted by atomic mass is 32.2. The van der Waals surface area contributed by atoms with Gasteiger partial charge in [0.25, 0.3) is 0 Å². The van der Waals surface area contributed by atoms with E-state index in [0.717, 1.165) is 20.4 Å². The van der Waals surface area contributed by atoms with Gasteiger partial charge in [0.2, 0.25) is 5.16 Å². The summed E-state index contributed by atoms with van der Waals surface area (Å²) < 4.78 is 1.79. The first-order valence-corrected chi connectivity index (χ1v) is 8.62. The first-order valence-electron chi connectivity index (χ1n) is 6.05. The summed E-state index contributed by atoms with van der Waals surface area (Å²) in [4.78, 5) is 10.8. The predicted molar refractivity (Wildman–Crippen MR) is 82.8 cm³/mol. The molecule has 21 heavy (non-hydrogen) atoms. The van der Waals surface area contributed by atoms with Crippen LogP contribution < -0.4 is 0 Å². The van der Waals surface area contributed by atoms with Gasteiger partial charge in [-0.2, -0.15) is 0 Å². The normalized spacial score (nSPS) is 11.2. The lowest BCUT2D eigenvalue weighted by Crippen LogP contribution is -2.02. The van der Waals surface area contributed by atoms with Crippen LogP contribution in [0.2, 0.25) is 0 Å². The molecule has 6 nitrogen and oxygen atoms in total. The van der Waals surface area contributed by atoms with E-state index in [-0.39, 0.29) is 0 Å². The monoisotopic (exact) mass is 332 g/mol. The molecule has 0 aliphatic rings. The molecule has 0 atom stereocenters. The van der Waals surface area contributed by atoms with Crippen molar-refractivity contribution in [1.82, 2.24) is 30.2 Å². The quantitative estimate of drug-likeness (QED) is 0.535. The minimum Gasteiger partial charge on any atom is -0.229 e. The molecule has 0 aliphatic carbocycles. The van der Waals surface area contributed by atoms with Crippen LogP contribution in [-0.2, 0) is 6.54 Å². The van der Waals surface area contributed by atoms with Crippen LogP contribution in [0.3, 0.4) is 0 Å². The van der Waals surface area contributed by atoms with Crippen molar-refractivity contribution in [2.75, 3.05) is 0 Å². The Balaban J connectivity index is 1.66. The van der Waals surface area contributed by atoms with E-state index < -0.39 is 0 Å². The molecule has 9 heteroatoms.